The number of fused-ring (bicyclic) bond motifs is 6. The first-order chi connectivity index (χ1) is 13.1. The highest BCUT2D eigenvalue weighted by molar-refractivity contribution is 9.11. The van der Waals surface area contributed by atoms with Crippen LogP contribution in [0, 0.1) is 0 Å². The molecule has 2 heterocycles. The third-order valence-electron chi connectivity index (χ3n) is 6.21. The quantitative estimate of drug-likeness (QED) is 0.317. The van der Waals surface area contributed by atoms with Crippen LogP contribution in [0.1, 0.15) is 69.3 Å². The Morgan fingerprint density at radius 2 is 1.11 bits per heavy atom. The third-order valence-corrected chi connectivity index (χ3v) is 10.7. The van der Waals surface area contributed by atoms with E-state index in [2.05, 4.69) is 71.7 Å². The van der Waals surface area contributed by atoms with Gasteiger partial charge in [-0.25, -0.2) is 0 Å². The molecule has 0 bridgehead atoms. The van der Waals surface area contributed by atoms with Crippen molar-refractivity contribution in [2.45, 2.75) is 38.5 Å². The van der Waals surface area contributed by atoms with Crippen molar-refractivity contribution in [3.8, 4) is 20.9 Å². The van der Waals surface area contributed by atoms with Crippen LogP contribution in [0.5, 0.6) is 0 Å². The topological polar surface area (TPSA) is 34.1 Å². The van der Waals surface area contributed by atoms with E-state index in [0.717, 1.165) is 31.3 Å². The van der Waals surface area contributed by atoms with Crippen molar-refractivity contribution in [3.63, 3.8) is 0 Å². The number of aldehydes is 2. The van der Waals surface area contributed by atoms with Crippen molar-refractivity contribution in [2.24, 2.45) is 0 Å². The maximum Gasteiger partial charge on any atom is 0.161 e. The lowest BCUT2D eigenvalue weighted by molar-refractivity contribution is 0.111. The van der Waals surface area contributed by atoms with Crippen molar-refractivity contribution in [1.82, 2.24) is 0 Å². The van der Waals surface area contributed by atoms with E-state index in [0.29, 0.717) is 0 Å². The summed E-state index contributed by atoms with van der Waals surface area (Å²) in [5.41, 5.74) is 7.06. The van der Waals surface area contributed by atoms with Crippen LogP contribution in [-0.4, -0.2) is 12.6 Å². The predicted octanol–water partition coefficient (Wildman–Crippen LogP) is 7.57. The highest BCUT2D eigenvalue weighted by atomic mass is 79.9. The smallest absolute Gasteiger partial charge is 0.161 e. The summed E-state index contributed by atoms with van der Waals surface area (Å²) in [5, 5.41) is 0. The molecule has 0 unspecified atom stereocenters. The van der Waals surface area contributed by atoms with Crippen molar-refractivity contribution in [2.75, 3.05) is 0 Å². The molecule has 0 N–H and O–H groups in total. The molecule has 2 aliphatic rings. The van der Waals surface area contributed by atoms with Crippen LogP contribution >= 0.6 is 54.5 Å². The minimum Gasteiger partial charge on any atom is -0.297 e. The lowest BCUT2D eigenvalue weighted by atomic mass is 9.79. The fourth-order valence-corrected chi connectivity index (χ4v) is 9.50. The van der Waals surface area contributed by atoms with E-state index in [-0.39, 0.29) is 10.8 Å². The molecule has 0 fully saturated rings. The molecule has 5 rings (SSSR count). The van der Waals surface area contributed by atoms with Gasteiger partial charge in [0.1, 0.15) is 0 Å². The number of carbonyl (C=O) groups is 2. The molecule has 2 aliphatic carbocycles. The standard InChI is InChI=1S/C22H16Br2O2S2/c1-21(2)11-5-10-12(6-9(11)19-15(21)17(23)13(7-25)27-19)22(3,4)16-18(24)14(8-26)28-20(10)16/h5-8H,1-4H3. The number of hydrogen-bond donors (Lipinski definition) is 0. The number of halogens is 2. The summed E-state index contributed by atoms with van der Waals surface area (Å²) in [6.07, 6.45) is 1.88. The average Bonchev–Trinajstić information content (AvgIpc) is 3.28. The highest BCUT2D eigenvalue weighted by Crippen LogP contribution is 2.61. The van der Waals surface area contributed by atoms with E-state index in [1.54, 1.807) is 22.7 Å². The van der Waals surface area contributed by atoms with E-state index in [1.807, 2.05) is 0 Å². The van der Waals surface area contributed by atoms with Crippen LogP contribution in [0.25, 0.3) is 20.9 Å². The van der Waals surface area contributed by atoms with E-state index >= 15 is 0 Å². The van der Waals surface area contributed by atoms with Crippen molar-refractivity contribution in [1.29, 1.82) is 0 Å². The van der Waals surface area contributed by atoms with Crippen molar-refractivity contribution >= 4 is 67.1 Å². The summed E-state index contributed by atoms with van der Waals surface area (Å²) >= 11 is 10.5. The summed E-state index contributed by atoms with van der Waals surface area (Å²) in [6, 6.07) is 4.63. The van der Waals surface area contributed by atoms with Gasteiger partial charge in [-0.3, -0.25) is 9.59 Å². The van der Waals surface area contributed by atoms with Gasteiger partial charge in [-0.05, 0) is 77.4 Å². The molecule has 0 atom stereocenters. The molecular weight excluding hydrogens is 520 g/mol. The van der Waals surface area contributed by atoms with E-state index in [9.17, 15) is 9.59 Å². The molecule has 2 aromatic heterocycles. The van der Waals surface area contributed by atoms with Gasteiger partial charge in [0, 0.05) is 29.5 Å². The minimum atomic E-state index is -0.189. The Bertz CT molecular complexity index is 1130. The molecular formula is C22H16Br2O2S2. The second kappa shape index (κ2) is 5.75. The van der Waals surface area contributed by atoms with Gasteiger partial charge in [-0.2, -0.15) is 0 Å². The molecule has 0 saturated heterocycles. The predicted molar refractivity (Wildman–Crippen MR) is 123 cm³/mol. The van der Waals surface area contributed by atoms with Crippen molar-refractivity contribution < 1.29 is 9.59 Å². The zero-order valence-electron chi connectivity index (χ0n) is 15.7. The fraction of sp³-hybridized carbons (Fsp3) is 0.273. The second-order valence-electron chi connectivity index (χ2n) is 8.40. The molecule has 2 nitrogen and oxygen atoms in total. The van der Waals surface area contributed by atoms with Crippen LogP contribution in [0.3, 0.4) is 0 Å². The van der Waals surface area contributed by atoms with Gasteiger partial charge in [0.25, 0.3) is 0 Å². The van der Waals surface area contributed by atoms with Gasteiger partial charge in [0.2, 0.25) is 0 Å². The van der Waals surface area contributed by atoms with Crippen LogP contribution in [0.15, 0.2) is 21.1 Å². The monoisotopic (exact) mass is 534 g/mol. The van der Waals surface area contributed by atoms with E-state index < -0.39 is 0 Å². The first-order valence-electron chi connectivity index (χ1n) is 8.90. The number of thiophene rings is 2. The molecule has 6 heteroatoms. The molecule has 0 saturated carbocycles. The molecule has 0 aliphatic heterocycles. The van der Waals surface area contributed by atoms with E-state index in [4.69, 9.17) is 0 Å². The summed E-state index contributed by atoms with van der Waals surface area (Å²) in [4.78, 5) is 26.9. The first-order valence-corrected chi connectivity index (χ1v) is 12.1. The van der Waals surface area contributed by atoms with Gasteiger partial charge in [-0.1, -0.05) is 27.7 Å². The second-order valence-corrected chi connectivity index (χ2v) is 12.1. The Labute approximate surface area is 188 Å². The van der Waals surface area contributed by atoms with Gasteiger partial charge in [0.15, 0.2) is 12.6 Å². The van der Waals surface area contributed by atoms with Gasteiger partial charge < -0.3 is 0 Å². The number of hydrogen-bond acceptors (Lipinski definition) is 4. The Morgan fingerprint density at radius 1 is 0.750 bits per heavy atom. The Hall–Kier alpha value is -1.08. The Balaban J connectivity index is 1.85. The SMILES string of the molecule is CC1(C)c2cc3c(cc2-c2sc(C=O)c(Br)c21)C(C)(C)c1c-3sc(C=O)c1Br. The molecule has 3 aromatic rings. The van der Waals surface area contributed by atoms with Gasteiger partial charge in [0.05, 0.1) is 9.75 Å². The molecule has 0 amide bonds. The average molecular weight is 536 g/mol. The summed E-state index contributed by atoms with van der Waals surface area (Å²) in [7, 11) is 0. The summed E-state index contributed by atoms with van der Waals surface area (Å²) in [5.74, 6) is 0. The Morgan fingerprint density at radius 3 is 1.43 bits per heavy atom. The highest BCUT2D eigenvalue weighted by Gasteiger charge is 2.45. The summed E-state index contributed by atoms with van der Waals surface area (Å²) in [6.45, 7) is 8.88. The first kappa shape index (κ1) is 18.9. The number of carbonyl (C=O) groups excluding carboxylic acids is 2. The molecule has 0 radical (unpaired) electrons. The van der Waals surface area contributed by atoms with Crippen molar-refractivity contribution in [3.05, 3.63) is 53.1 Å². The Kier molecular flexibility index (Phi) is 3.88. The fourth-order valence-electron chi connectivity index (χ4n) is 4.78. The van der Waals surface area contributed by atoms with E-state index in [1.165, 1.54) is 43.1 Å². The number of benzene rings is 1. The van der Waals surface area contributed by atoms with Crippen LogP contribution in [0.4, 0.5) is 0 Å². The van der Waals surface area contributed by atoms with Crippen LogP contribution < -0.4 is 0 Å². The molecule has 0 spiro atoms. The third kappa shape index (κ3) is 2.07. The van der Waals surface area contributed by atoms with Crippen LogP contribution in [-0.2, 0) is 10.8 Å². The minimum absolute atomic E-state index is 0.189. The van der Waals surface area contributed by atoms with Gasteiger partial charge >= 0.3 is 0 Å². The maximum atomic E-state index is 11.5. The molecule has 1 aromatic carbocycles. The lowest BCUT2D eigenvalue weighted by Gasteiger charge is -2.25. The largest absolute Gasteiger partial charge is 0.297 e. The van der Waals surface area contributed by atoms with Crippen LogP contribution in [0.2, 0.25) is 0 Å². The molecule has 28 heavy (non-hydrogen) atoms. The zero-order valence-corrected chi connectivity index (χ0v) is 20.5. The maximum absolute atomic E-state index is 11.5. The lowest BCUT2D eigenvalue weighted by Crippen LogP contribution is -2.17. The normalized spacial score (nSPS) is 17.1. The summed E-state index contributed by atoms with van der Waals surface area (Å²) < 4.78 is 1.84. The molecule has 142 valence electrons. The zero-order chi connectivity index (χ0) is 20.2. The number of rotatable bonds is 2. The van der Waals surface area contributed by atoms with Gasteiger partial charge in [-0.15, -0.1) is 22.7 Å².